The maximum Gasteiger partial charge on any atom is 0.229 e. The maximum absolute atomic E-state index is 10.1. The highest BCUT2D eigenvalue weighted by Crippen LogP contribution is 2.39. The van der Waals surface area contributed by atoms with E-state index in [1.54, 1.807) is 18.2 Å². The monoisotopic (exact) mass is 407 g/mol. The lowest BCUT2D eigenvalue weighted by atomic mass is 9.99. The van der Waals surface area contributed by atoms with E-state index in [-0.39, 0.29) is 0 Å². The molecule has 2 heterocycles. The molecule has 126 valence electrons. The van der Waals surface area contributed by atoms with Crippen LogP contribution in [0.4, 0.5) is 0 Å². The average molecular weight is 409 g/mol. The SMILES string of the molecule is OC[C@H]1O[C@@H](Oc2c(Br)[nH]c3cccc(Cl)c23)[C@H](O)[C@@H](O)[C@H]1O. The van der Waals surface area contributed by atoms with Crippen molar-refractivity contribution in [1.29, 1.82) is 0 Å². The normalized spacial score (nSPS) is 31.5. The standard InChI is InChI=1S/C14H15BrClNO6/c15-13-12(8-5(16)2-1-3-6(8)17-13)23-14-11(21)10(20)9(19)7(4-18)22-14/h1-3,7,9-11,14,17-21H,4H2/t7-,9+,10+,11-,14+/m1/s1. The number of aliphatic hydroxyl groups is 4. The van der Waals surface area contributed by atoms with Crippen molar-refractivity contribution in [2.45, 2.75) is 30.7 Å². The van der Waals surface area contributed by atoms with Crippen LogP contribution in [-0.2, 0) is 4.74 Å². The minimum atomic E-state index is -1.51. The molecule has 0 radical (unpaired) electrons. The summed E-state index contributed by atoms with van der Waals surface area (Å²) in [4.78, 5) is 3.03. The van der Waals surface area contributed by atoms with Crippen LogP contribution in [0.2, 0.25) is 5.02 Å². The Morgan fingerprint density at radius 3 is 2.65 bits per heavy atom. The summed E-state index contributed by atoms with van der Waals surface area (Å²) in [5, 5.41) is 39.9. The number of aliphatic hydroxyl groups excluding tert-OH is 4. The van der Waals surface area contributed by atoms with E-state index < -0.39 is 37.3 Å². The highest BCUT2D eigenvalue weighted by molar-refractivity contribution is 9.10. The number of nitrogens with one attached hydrogen (secondary N) is 1. The van der Waals surface area contributed by atoms with Crippen molar-refractivity contribution in [2.24, 2.45) is 0 Å². The summed E-state index contributed by atoms with van der Waals surface area (Å²) in [6.07, 6.45) is -6.77. The van der Waals surface area contributed by atoms with Gasteiger partial charge in [0.2, 0.25) is 6.29 Å². The summed E-state index contributed by atoms with van der Waals surface area (Å²) in [7, 11) is 0. The van der Waals surface area contributed by atoms with Crippen LogP contribution < -0.4 is 4.74 Å². The topological polar surface area (TPSA) is 115 Å². The van der Waals surface area contributed by atoms with Gasteiger partial charge in [0.15, 0.2) is 5.75 Å². The van der Waals surface area contributed by atoms with Gasteiger partial charge in [0, 0.05) is 0 Å². The van der Waals surface area contributed by atoms with Crippen molar-refractivity contribution in [1.82, 2.24) is 4.98 Å². The number of hydrogen-bond donors (Lipinski definition) is 5. The van der Waals surface area contributed by atoms with Crippen molar-refractivity contribution in [2.75, 3.05) is 6.61 Å². The molecule has 0 aliphatic carbocycles. The molecule has 1 fully saturated rings. The van der Waals surface area contributed by atoms with E-state index >= 15 is 0 Å². The Balaban J connectivity index is 1.94. The fraction of sp³-hybridized carbons (Fsp3) is 0.429. The number of halogens is 2. The predicted octanol–water partition coefficient (Wildman–Crippen LogP) is 0.762. The van der Waals surface area contributed by atoms with E-state index in [0.29, 0.717) is 26.3 Å². The molecule has 0 amide bonds. The first-order valence-corrected chi connectivity index (χ1v) is 8.04. The molecular formula is C14H15BrClNO6. The van der Waals surface area contributed by atoms with Crippen LogP contribution in [0.25, 0.3) is 10.9 Å². The molecule has 1 aliphatic heterocycles. The quantitative estimate of drug-likeness (QED) is 0.512. The van der Waals surface area contributed by atoms with Gasteiger partial charge in [0.25, 0.3) is 0 Å². The van der Waals surface area contributed by atoms with Gasteiger partial charge in [-0.05, 0) is 28.1 Å². The summed E-state index contributed by atoms with van der Waals surface area (Å²) >= 11 is 9.50. The van der Waals surface area contributed by atoms with Crippen molar-refractivity contribution < 1.29 is 29.9 Å². The van der Waals surface area contributed by atoms with E-state index in [4.69, 9.17) is 21.1 Å². The van der Waals surface area contributed by atoms with Gasteiger partial charge in [-0.25, -0.2) is 0 Å². The van der Waals surface area contributed by atoms with Gasteiger partial charge >= 0.3 is 0 Å². The summed E-state index contributed by atoms with van der Waals surface area (Å²) in [5.41, 5.74) is 0.712. The third kappa shape index (κ3) is 2.96. The molecule has 5 atom stereocenters. The van der Waals surface area contributed by atoms with Crippen LogP contribution in [0.1, 0.15) is 0 Å². The van der Waals surface area contributed by atoms with E-state index in [1.807, 2.05) is 0 Å². The lowest BCUT2D eigenvalue weighted by molar-refractivity contribution is -0.277. The second-order valence-electron chi connectivity index (χ2n) is 5.25. The van der Waals surface area contributed by atoms with Crippen molar-refractivity contribution >= 4 is 38.4 Å². The number of rotatable bonds is 3. The lowest BCUT2D eigenvalue weighted by Gasteiger charge is -2.39. The number of aromatic amines is 1. The van der Waals surface area contributed by atoms with Crippen LogP contribution in [0.5, 0.6) is 5.75 Å². The van der Waals surface area contributed by atoms with Crippen LogP contribution >= 0.6 is 27.5 Å². The molecule has 0 saturated carbocycles. The van der Waals surface area contributed by atoms with Crippen LogP contribution in [0.15, 0.2) is 22.8 Å². The lowest BCUT2D eigenvalue weighted by Crippen LogP contribution is -2.60. The first kappa shape index (κ1) is 17.0. The number of ether oxygens (including phenoxy) is 2. The van der Waals surface area contributed by atoms with Crippen molar-refractivity contribution in [3.63, 3.8) is 0 Å². The predicted molar refractivity (Wildman–Crippen MR) is 85.4 cm³/mol. The van der Waals surface area contributed by atoms with Gasteiger partial charge in [-0.2, -0.15) is 0 Å². The Kier molecular flexibility index (Phi) is 4.84. The molecule has 2 aromatic rings. The summed E-state index contributed by atoms with van der Waals surface area (Å²) in [6, 6.07) is 5.25. The smallest absolute Gasteiger partial charge is 0.229 e. The fourth-order valence-corrected chi connectivity index (χ4v) is 3.30. The van der Waals surface area contributed by atoms with E-state index in [9.17, 15) is 20.4 Å². The zero-order valence-corrected chi connectivity index (χ0v) is 14.0. The molecule has 9 heteroatoms. The largest absolute Gasteiger partial charge is 0.458 e. The third-order valence-corrected chi connectivity index (χ3v) is 4.64. The molecule has 1 aliphatic rings. The minimum absolute atomic E-state index is 0.301. The molecule has 7 nitrogen and oxygen atoms in total. The van der Waals surface area contributed by atoms with Gasteiger partial charge in [0.1, 0.15) is 29.0 Å². The maximum atomic E-state index is 10.1. The second-order valence-corrected chi connectivity index (χ2v) is 6.45. The average Bonchev–Trinajstić information content (AvgIpc) is 2.85. The minimum Gasteiger partial charge on any atom is -0.458 e. The molecule has 5 N–H and O–H groups in total. The molecule has 0 bridgehead atoms. The first-order valence-electron chi connectivity index (χ1n) is 6.87. The summed E-state index contributed by atoms with van der Waals surface area (Å²) in [6.45, 7) is -0.527. The summed E-state index contributed by atoms with van der Waals surface area (Å²) < 4.78 is 11.5. The molecule has 1 aromatic heterocycles. The molecule has 3 rings (SSSR count). The van der Waals surface area contributed by atoms with Crippen LogP contribution in [-0.4, -0.2) is 62.7 Å². The molecule has 23 heavy (non-hydrogen) atoms. The Morgan fingerprint density at radius 1 is 1.22 bits per heavy atom. The van der Waals surface area contributed by atoms with Gasteiger partial charge < -0.3 is 34.9 Å². The highest BCUT2D eigenvalue weighted by Gasteiger charge is 2.45. The van der Waals surface area contributed by atoms with Gasteiger partial charge in [-0.1, -0.05) is 17.7 Å². The zero-order chi connectivity index (χ0) is 16.7. The number of hydrogen-bond acceptors (Lipinski definition) is 6. The van der Waals surface area contributed by atoms with Crippen molar-refractivity contribution in [3.8, 4) is 5.75 Å². The van der Waals surface area contributed by atoms with Crippen LogP contribution in [0, 0.1) is 0 Å². The van der Waals surface area contributed by atoms with Gasteiger partial charge in [0.05, 0.1) is 22.5 Å². The second kappa shape index (κ2) is 6.56. The number of benzene rings is 1. The van der Waals surface area contributed by atoms with E-state index in [2.05, 4.69) is 20.9 Å². The number of aromatic nitrogens is 1. The Morgan fingerprint density at radius 2 is 1.96 bits per heavy atom. The van der Waals surface area contributed by atoms with E-state index in [1.165, 1.54) is 0 Å². The fourth-order valence-electron chi connectivity index (χ4n) is 2.54. The Hall–Kier alpha value is -0.870. The first-order chi connectivity index (χ1) is 10.9. The summed E-state index contributed by atoms with van der Waals surface area (Å²) in [5.74, 6) is 0.301. The van der Waals surface area contributed by atoms with E-state index in [0.717, 1.165) is 0 Å². The number of fused-ring (bicyclic) bond motifs is 1. The van der Waals surface area contributed by atoms with Crippen molar-refractivity contribution in [3.05, 3.63) is 27.8 Å². The molecule has 1 saturated heterocycles. The molecule has 1 aromatic carbocycles. The molecule has 0 spiro atoms. The Labute approximate surface area is 144 Å². The Bertz CT molecular complexity index is 708. The van der Waals surface area contributed by atoms with Gasteiger partial charge in [-0.3, -0.25) is 0 Å². The number of H-pyrrole nitrogens is 1. The third-order valence-electron chi connectivity index (χ3n) is 3.77. The highest BCUT2D eigenvalue weighted by atomic mass is 79.9. The van der Waals surface area contributed by atoms with Crippen LogP contribution in [0.3, 0.4) is 0 Å². The molecular weight excluding hydrogens is 394 g/mol. The van der Waals surface area contributed by atoms with Gasteiger partial charge in [-0.15, -0.1) is 0 Å². The molecule has 0 unspecified atom stereocenters. The zero-order valence-electron chi connectivity index (χ0n) is 11.7.